The minimum absolute atomic E-state index is 0.0335. The number of hydrogen-bond donors (Lipinski definition) is 1. The van der Waals surface area contributed by atoms with E-state index in [9.17, 15) is 4.79 Å². The molecule has 1 aromatic rings. The zero-order valence-corrected chi connectivity index (χ0v) is 10.6. The van der Waals surface area contributed by atoms with Gasteiger partial charge in [0.2, 0.25) is 5.91 Å². The van der Waals surface area contributed by atoms with Crippen LogP contribution >= 0.6 is 0 Å². The van der Waals surface area contributed by atoms with E-state index in [1.165, 1.54) is 0 Å². The molecule has 0 spiro atoms. The summed E-state index contributed by atoms with van der Waals surface area (Å²) in [5.74, 6) is 0.102. The van der Waals surface area contributed by atoms with Gasteiger partial charge in [-0.2, -0.15) is 0 Å². The van der Waals surface area contributed by atoms with Crippen LogP contribution in [-0.2, 0) is 9.53 Å². The van der Waals surface area contributed by atoms with Gasteiger partial charge in [-0.3, -0.25) is 4.79 Å². The van der Waals surface area contributed by atoms with Crippen molar-refractivity contribution >= 4 is 5.91 Å². The quantitative estimate of drug-likeness (QED) is 0.870. The van der Waals surface area contributed by atoms with Crippen LogP contribution in [0.1, 0.15) is 31.9 Å². The van der Waals surface area contributed by atoms with Gasteiger partial charge in [-0.15, -0.1) is 0 Å². The van der Waals surface area contributed by atoms with E-state index in [4.69, 9.17) is 4.74 Å². The van der Waals surface area contributed by atoms with Gasteiger partial charge in [0.25, 0.3) is 0 Å². The largest absolute Gasteiger partial charge is 0.381 e. The van der Waals surface area contributed by atoms with Gasteiger partial charge in [0.15, 0.2) is 0 Å². The maximum atomic E-state index is 11.7. The predicted molar refractivity (Wildman–Crippen MR) is 66.5 cm³/mol. The van der Waals surface area contributed by atoms with Crippen LogP contribution in [-0.4, -0.2) is 19.1 Å². The van der Waals surface area contributed by atoms with Crippen molar-refractivity contribution in [3.63, 3.8) is 0 Å². The van der Waals surface area contributed by atoms with Crippen LogP contribution < -0.4 is 5.32 Å². The van der Waals surface area contributed by atoms with Gasteiger partial charge in [-0.1, -0.05) is 37.3 Å². The molecule has 3 atom stereocenters. The summed E-state index contributed by atoms with van der Waals surface area (Å²) < 4.78 is 5.44. The second-order valence-electron chi connectivity index (χ2n) is 4.97. The second-order valence-corrected chi connectivity index (χ2v) is 4.97. The van der Waals surface area contributed by atoms with Crippen LogP contribution in [0, 0.1) is 5.41 Å². The zero-order chi connectivity index (χ0) is 12.5. The molecule has 3 nitrogen and oxygen atoms in total. The lowest BCUT2D eigenvalue weighted by Gasteiger charge is -2.35. The third kappa shape index (κ3) is 2.07. The molecule has 0 radical (unpaired) electrons. The summed E-state index contributed by atoms with van der Waals surface area (Å²) in [4.78, 5) is 11.7. The highest BCUT2D eigenvalue weighted by molar-refractivity contribution is 5.80. The summed E-state index contributed by atoms with van der Waals surface area (Å²) in [6.07, 6.45) is 0.549. The first-order valence-electron chi connectivity index (χ1n) is 5.95. The lowest BCUT2D eigenvalue weighted by Crippen LogP contribution is -2.36. The Morgan fingerprint density at radius 2 is 2.06 bits per heavy atom. The maximum Gasteiger partial charge on any atom is 0.221 e. The molecule has 2 rings (SSSR count). The van der Waals surface area contributed by atoms with E-state index in [2.05, 4.69) is 24.4 Å². The molecular formula is C14H19NO2. The summed E-state index contributed by atoms with van der Waals surface area (Å²) in [6, 6.07) is 10.1. The van der Waals surface area contributed by atoms with E-state index < -0.39 is 0 Å². The molecule has 1 heterocycles. The van der Waals surface area contributed by atoms with Crippen molar-refractivity contribution in [2.24, 2.45) is 5.41 Å². The van der Waals surface area contributed by atoms with E-state index in [1.807, 2.05) is 25.1 Å². The highest BCUT2D eigenvalue weighted by Gasteiger charge is 2.47. The Morgan fingerprint density at radius 3 is 2.65 bits per heavy atom. The fourth-order valence-corrected chi connectivity index (χ4v) is 2.58. The third-order valence-electron chi connectivity index (χ3n) is 3.92. The molecule has 3 heteroatoms. The van der Waals surface area contributed by atoms with Crippen molar-refractivity contribution in [3.05, 3.63) is 35.9 Å². The molecule has 0 aromatic heterocycles. The first-order chi connectivity index (χ1) is 8.08. The van der Waals surface area contributed by atoms with Crippen molar-refractivity contribution in [2.45, 2.75) is 32.4 Å². The number of hydrogen-bond acceptors (Lipinski definition) is 2. The van der Waals surface area contributed by atoms with Gasteiger partial charge in [0, 0.05) is 18.9 Å². The van der Waals surface area contributed by atoms with Crippen molar-refractivity contribution in [3.8, 4) is 0 Å². The molecule has 1 saturated heterocycles. The molecule has 0 bridgehead atoms. The van der Waals surface area contributed by atoms with Crippen LogP contribution in [0.25, 0.3) is 0 Å². The Bertz CT molecular complexity index is 404. The number of carbonyl (C=O) groups is 1. The number of rotatable bonds is 3. The number of methoxy groups -OCH3 is 1. The average molecular weight is 233 g/mol. The molecule has 1 aliphatic heterocycles. The van der Waals surface area contributed by atoms with Crippen molar-refractivity contribution < 1.29 is 9.53 Å². The Kier molecular flexibility index (Phi) is 3.20. The smallest absolute Gasteiger partial charge is 0.221 e. The minimum atomic E-state index is -0.187. The van der Waals surface area contributed by atoms with Crippen LogP contribution in [0.2, 0.25) is 0 Å². The Hall–Kier alpha value is -1.35. The summed E-state index contributed by atoms with van der Waals surface area (Å²) >= 11 is 0. The van der Waals surface area contributed by atoms with Gasteiger partial charge >= 0.3 is 0 Å². The lowest BCUT2D eigenvalue weighted by atomic mass is 9.75. The Balaban J connectivity index is 2.35. The molecule has 1 N–H and O–H groups in total. The highest BCUT2D eigenvalue weighted by Crippen LogP contribution is 2.45. The van der Waals surface area contributed by atoms with Gasteiger partial charge in [0.05, 0.1) is 12.1 Å². The molecule has 0 saturated carbocycles. The van der Waals surface area contributed by atoms with E-state index >= 15 is 0 Å². The van der Waals surface area contributed by atoms with E-state index in [0.29, 0.717) is 6.42 Å². The molecule has 1 aromatic carbocycles. The average Bonchev–Trinajstić information content (AvgIpc) is 2.66. The van der Waals surface area contributed by atoms with E-state index in [1.54, 1.807) is 7.11 Å². The van der Waals surface area contributed by atoms with Gasteiger partial charge in [-0.25, -0.2) is 0 Å². The van der Waals surface area contributed by atoms with Gasteiger partial charge in [0.1, 0.15) is 0 Å². The van der Waals surface area contributed by atoms with E-state index in [-0.39, 0.29) is 23.5 Å². The molecule has 0 aliphatic carbocycles. The van der Waals surface area contributed by atoms with Crippen LogP contribution in [0.15, 0.2) is 30.3 Å². The van der Waals surface area contributed by atoms with Gasteiger partial charge < -0.3 is 10.1 Å². The number of amides is 1. The van der Waals surface area contributed by atoms with Crippen LogP contribution in [0.4, 0.5) is 0 Å². The molecule has 17 heavy (non-hydrogen) atoms. The van der Waals surface area contributed by atoms with Crippen molar-refractivity contribution in [1.82, 2.24) is 5.32 Å². The van der Waals surface area contributed by atoms with E-state index in [0.717, 1.165) is 5.56 Å². The first kappa shape index (κ1) is 12.1. The molecule has 1 fully saturated rings. The van der Waals surface area contributed by atoms with Gasteiger partial charge in [-0.05, 0) is 12.5 Å². The number of nitrogens with one attached hydrogen (secondary N) is 1. The molecule has 1 amide bonds. The predicted octanol–water partition coefficient (Wildman–Crippen LogP) is 2.29. The summed E-state index contributed by atoms with van der Waals surface area (Å²) in [7, 11) is 1.70. The second kappa shape index (κ2) is 4.49. The molecule has 1 aliphatic rings. The molecular weight excluding hydrogens is 214 g/mol. The third-order valence-corrected chi connectivity index (χ3v) is 3.92. The number of benzene rings is 1. The normalized spacial score (nSPS) is 30.1. The fourth-order valence-electron chi connectivity index (χ4n) is 2.58. The maximum absolute atomic E-state index is 11.7. The van der Waals surface area contributed by atoms with Crippen LogP contribution in [0.3, 0.4) is 0 Å². The standard InChI is InChI=1S/C14H19NO2/c1-10(17-3)14(2)9-12(16)15-13(14)11-7-5-4-6-8-11/h4-8,10,13H,9H2,1-3H3,(H,15,16). The van der Waals surface area contributed by atoms with Crippen molar-refractivity contribution in [2.75, 3.05) is 7.11 Å². The Labute approximate surface area is 102 Å². The first-order valence-corrected chi connectivity index (χ1v) is 5.95. The molecule has 3 unspecified atom stereocenters. The van der Waals surface area contributed by atoms with Crippen LogP contribution in [0.5, 0.6) is 0 Å². The highest BCUT2D eigenvalue weighted by atomic mass is 16.5. The lowest BCUT2D eigenvalue weighted by molar-refractivity contribution is -0.120. The number of ether oxygens (including phenoxy) is 1. The summed E-state index contributed by atoms with van der Waals surface area (Å²) in [6.45, 7) is 4.13. The Morgan fingerprint density at radius 1 is 1.41 bits per heavy atom. The topological polar surface area (TPSA) is 38.3 Å². The SMILES string of the molecule is COC(C)C1(C)CC(=O)NC1c1ccccc1. The number of carbonyl (C=O) groups excluding carboxylic acids is 1. The summed E-state index contributed by atoms with van der Waals surface area (Å²) in [5.41, 5.74) is 0.956. The fraction of sp³-hybridized carbons (Fsp3) is 0.500. The summed E-state index contributed by atoms with van der Waals surface area (Å²) in [5, 5.41) is 3.06. The monoisotopic (exact) mass is 233 g/mol. The van der Waals surface area contributed by atoms with Crippen molar-refractivity contribution in [1.29, 1.82) is 0 Å². The zero-order valence-electron chi connectivity index (χ0n) is 10.6. The minimum Gasteiger partial charge on any atom is -0.381 e. The molecule has 92 valence electrons.